The van der Waals surface area contributed by atoms with Gasteiger partial charge in [-0.1, -0.05) is 12.1 Å². The van der Waals surface area contributed by atoms with Crippen molar-refractivity contribution in [3.05, 3.63) is 79.4 Å². The normalized spacial score (nSPS) is 15.1. The van der Waals surface area contributed by atoms with E-state index in [0.29, 0.717) is 17.7 Å². The van der Waals surface area contributed by atoms with Crippen LogP contribution in [-0.2, 0) is 11.2 Å². The van der Waals surface area contributed by atoms with Crippen LogP contribution < -0.4 is 15.6 Å². The van der Waals surface area contributed by atoms with Crippen molar-refractivity contribution in [2.45, 2.75) is 18.8 Å². The summed E-state index contributed by atoms with van der Waals surface area (Å²) in [7, 11) is 2.83. The molecular formula is C23H20N2O6S. The van der Waals surface area contributed by atoms with Crippen LogP contribution in [0.5, 0.6) is 5.75 Å². The number of benzene rings is 1. The lowest BCUT2D eigenvalue weighted by molar-refractivity contribution is 0.0607. The highest BCUT2D eigenvalue weighted by atomic mass is 32.1. The second-order valence-corrected chi connectivity index (χ2v) is 8.23. The summed E-state index contributed by atoms with van der Waals surface area (Å²) in [5, 5.41) is 4.18. The van der Waals surface area contributed by atoms with E-state index in [9.17, 15) is 19.2 Å². The third kappa shape index (κ3) is 4.06. The van der Waals surface area contributed by atoms with Gasteiger partial charge in [-0.15, -0.1) is 11.3 Å². The molecular weight excluding hydrogens is 432 g/mol. The predicted molar refractivity (Wildman–Crippen MR) is 119 cm³/mol. The number of aromatic amines is 1. The van der Waals surface area contributed by atoms with E-state index in [1.54, 1.807) is 18.6 Å². The molecule has 1 aliphatic rings. The number of pyridine rings is 1. The van der Waals surface area contributed by atoms with E-state index in [1.807, 2.05) is 24.3 Å². The Hall–Kier alpha value is -3.72. The van der Waals surface area contributed by atoms with Crippen LogP contribution in [0.4, 0.5) is 5.69 Å². The molecule has 1 amide bonds. The van der Waals surface area contributed by atoms with E-state index in [1.165, 1.54) is 13.2 Å². The molecule has 8 nitrogen and oxygen atoms in total. The minimum absolute atomic E-state index is 0.0790. The number of H-pyrrole nitrogens is 1. The first-order valence-corrected chi connectivity index (χ1v) is 10.7. The number of carbonyl (C=O) groups is 3. The molecule has 32 heavy (non-hydrogen) atoms. The Labute approximate surface area is 187 Å². The lowest BCUT2D eigenvalue weighted by Crippen LogP contribution is -2.29. The molecule has 0 spiro atoms. The Balaban J connectivity index is 1.59. The summed E-state index contributed by atoms with van der Waals surface area (Å²) in [4.78, 5) is 52.9. The number of esters is 1. The number of anilines is 1. The van der Waals surface area contributed by atoms with Gasteiger partial charge in [0, 0.05) is 17.7 Å². The maximum atomic E-state index is 12.8. The fourth-order valence-electron chi connectivity index (χ4n) is 3.76. The number of hydrogen-bond acceptors (Lipinski definition) is 7. The van der Waals surface area contributed by atoms with Crippen LogP contribution in [0, 0.1) is 0 Å². The molecule has 0 saturated carbocycles. The zero-order valence-corrected chi connectivity index (χ0v) is 18.2. The molecule has 0 fully saturated rings. The van der Waals surface area contributed by atoms with Crippen molar-refractivity contribution in [2.24, 2.45) is 0 Å². The van der Waals surface area contributed by atoms with Gasteiger partial charge < -0.3 is 19.8 Å². The number of amides is 1. The lowest BCUT2D eigenvalue weighted by Gasteiger charge is -2.24. The average molecular weight is 452 g/mol. The van der Waals surface area contributed by atoms with Gasteiger partial charge in [-0.3, -0.25) is 14.4 Å². The van der Waals surface area contributed by atoms with Gasteiger partial charge in [0.1, 0.15) is 16.2 Å². The maximum Gasteiger partial charge on any atom is 0.350 e. The molecule has 3 aromatic rings. The van der Waals surface area contributed by atoms with Gasteiger partial charge in [0.05, 0.1) is 19.9 Å². The molecule has 0 unspecified atom stereocenters. The van der Waals surface area contributed by atoms with E-state index in [0.717, 1.165) is 22.6 Å². The van der Waals surface area contributed by atoms with Crippen molar-refractivity contribution in [2.75, 3.05) is 19.5 Å². The standard InChI is InChI=1S/C23H20N2O6S/c1-30-14-5-3-12(4-6-14)13-9-18-15(19(26)10-13)11-16(22(28)25-18)21(27)24-17-7-8-32-20(17)23(29)31-2/h3-8,11,13H,9-10H2,1-2H3,(H,24,27)(H,25,28)/t13-/m0/s1. The van der Waals surface area contributed by atoms with Crippen LogP contribution in [-0.4, -0.2) is 36.9 Å². The van der Waals surface area contributed by atoms with Gasteiger partial charge in [0.15, 0.2) is 5.78 Å². The van der Waals surface area contributed by atoms with Gasteiger partial charge in [-0.2, -0.15) is 0 Å². The largest absolute Gasteiger partial charge is 0.497 e. The Kier molecular flexibility index (Phi) is 5.91. The monoisotopic (exact) mass is 452 g/mol. The highest BCUT2D eigenvalue weighted by Gasteiger charge is 2.29. The second kappa shape index (κ2) is 8.80. The molecule has 2 aromatic heterocycles. The van der Waals surface area contributed by atoms with Crippen LogP contribution in [0.2, 0.25) is 0 Å². The molecule has 9 heteroatoms. The zero-order valence-electron chi connectivity index (χ0n) is 17.4. The summed E-state index contributed by atoms with van der Waals surface area (Å²) in [5.74, 6) is -0.800. The second-order valence-electron chi connectivity index (χ2n) is 7.31. The van der Waals surface area contributed by atoms with Crippen molar-refractivity contribution >= 4 is 34.7 Å². The zero-order chi connectivity index (χ0) is 22.8. The van der Waals surface area contributed by atoms with E-state index < -0.39 is 17.4 Å². The number of aromatic nitrogens is 1. The summed E-state index contributed by atoms with van der Waals surface area (Å²) >= 11 is 1.11. The van der Waals surface area contributed by atoms with Crippen molar-refractivity contribution in [1.29, 1.82) is 0 Å². The number of nitrogens with one attached hydrogen (secondary N) is 2. The summed E-state index contributed by atoms with van der Waals surface area (Å²) in [6, 6.07) is 10.4. The van der Waals surface area contributed by atoms with Gasteiger partial charge in [-0.25, -0.2) is 4.79 Å². The molecule has 1 aromatic carbocycles. The van der Waals surface area contributed by atoms with Crippen LogP contribution in [0.3, 0.4) is 0 Å². The number of methoxy groups -OCH3 is 2. The van der Waals surface area contributed by atoms with Crippen LogP contribution in [0.15, 0.2) is 46.6 Å². The lowest BCUT2D eigenvalue weighted by atomic mass is 9.81. The van der Waals surface area contributed by atoms with Crippen molar-refractivity contribution in [3.8, 4) is 5.75 Å². The van der Waals surface area contributed by atoms with Gasteiger partial charge in [-0.05, 0) is 47.5 Å². The van der Waals surface area contributed by atoms with Gasteiger partial charge in [0.2, 0.25) is 0 Å². The van der Waals surface area contributed by atoms with Crippen molar-refractivity contribution in [3.63, 3.8) is 0 Å². The Morgan fingerprint density at radius 1 is 1.09 bits per heavy atom. The average Bonchev–Trinajstić information content (AvgIpc) is 3.26. The van der Waals surface area contributed by atoms with E-state index in [4.69, 9.17) is 9.47 Å². The smallest absolute Gasteiger partial charge is 0.350 e. The molecule has 164 valence electrons. The number of fused-ring (bicyclic) bond motifs is 1. The van der Waals surface area contributed by atoms with E-state index in [-0.39, 0.29) is 34.2 Å². The molecule has 1 atom stereocenters. The van der Waals surface area contributed by atoms with Crippen LogP contribution in [0.25, 0.3) is 0 Å². The summed E-state index contributed by atoms with van der Waals surface area (Å²) in [6.45, 7) is 0. The fourth-order valence-corrected chi connectivity index (χ4v) is 4.53. The number of thiophene rings is 1. The number of hydrogen-bond donors (Lipinski definition) is 2. The number of ketones is 1. The molecule has 0 radical (unpaired) electrons. The SMILES string of the molecule is COC(=O)c1sccc1NC(=O)c1cc2c([nH]c1=O)C[C@H](c1ccc(OC)cc1)CC2=O. The predicted octanol–water partition coefficient (Wildman–Crippen LogP) is 3.40. The molecule has 2 heterocycles. The first kappa shape index (κ1) is 21.5. The minimum atomic E-state index is -0.706. The summed E-state index contributed by atoms with van der Waals surface area (Å²) in [6.07, 6.45) is 0.741. The van der Waals surface area contributed by atoms with Crippen LogP contribution >= 0.6 is 11.3 Å². The topological polar surface area (TPSA) is 115 Å². The third-order valence-electron chi connectivity index (χ3n) is 5.42. The van der Waals surface area contributed by atoms with E-state index >= 15 is 0 Å². The molecule has 2 N–H and O–H groups in total. The highest BCUT2D eigenvalue weighted by Crippen LogP contribution is 2.32. The molecule has 4 rings (SSSR count). The van der Waals surface area contributed by atoms with Crippen LogP contribution in [0.1, 0.15) is 54.0 Å². The first-order valence-electron chi connectivity index (χ1n) is 9.81. The number of Topliss-reactive ketones (excluding diaryl/α,β-unsaturated/α-hetero) is 1. The summed E-state index contributed by atoms with van der Waals surface area (Å²) in [5.41, 5.74) is 1.27. The van der Waals surface area contributed by atoms with E-state index in [2.05, 4.69) is 10.3 Å². The molecule has 0 saturated heterocycles. The number of carbonyl (C=O) groups excluding carboxylic acids is 3. The Morgan fingerprint density at radius 2 is 1.84 bits per heavy atom. The third-order valence-corrected chi connectivity index (χ3v) is 6.32. The number of ether oxygens (including phenoxy) is 2. The fraction of sp³-hybridized carbons (Fsp3) is 0.217. The first-order chi connectivity index (χ1) is 15.4. The highest BCUT2D eigenvalue weighted by molar-refractivity contribution is 7.12. The number of rotatable bonds is 5. The van der Waals surface area contributed by atoms with Crippen molar-refractivity contribution in [1.82, 2.24) is 4.98 Å². The maximum absolute atomic E-state index is 12.8. The Bertz CT molecular complexity index is 1260. The Morgan fingerprint density at radius 3 is 2.53 bits per heavy atom. The minimum Gasteiger partial charge on any atom is -0.497 e. The molecule has 0 bridgehead atoms. The van der Waals surface area contributed by atoms with Gasteiger partial charge in [0.25, 0.3) is 11.5 Å². The van der Waals surface area contributed by atoms with Gasteiger partial charge >= 0.3 is 5.97 Å². The summed E-state index contributed by atoms with van der Waals surface area (Å²) < 4.78 is 9.87. The molecule has 1 aliphatic carbocycles. The molecule has 0 aliphatic heterocycles. The van der Waals surface area contributed by atoms with Crippen molar-refractivity contribution < 1.29 is 23.9 Å². The quantitative estimate of drug-likeness (QED) is 0.574.